The summed E-state index contributed by atoms with van der Waals surface area (Å²) >= 11 is 0. The molecule has 1 unspecified atom stereocenters. The van der Waals surface area contributed by atoms with Gasteiger partial charge in [0.15, 0.2) is 0 Å². The third-order valence-corrected chi connectivity index (χ3v) is 2.67. The highest BCUT2D eigenvalue weighted by atomic mass is 16.1. The van der Waals surface area contributed by atoms with E-state index in [1.165, 1.54) is 0 Å². The Morgan fingerprint density at radius 1 is 1.59 bits per heavy atom. The number of amides is 1. The molecule has 0 aliphatic carbocycles. The van der Waals surface area contributed by atoms with Gasteiger partial charge in [-0.2, -0.15) is 0 Å². The molecular weight excluding hydrogens is 216 g/mol. The number of aromatic nitrogens is 2. The van der Waals surface area contributed by atoms with Gasteiger partial charge in [-0.1, -0.05) is 6.07 Å². The van der Waals surface area contributed by atoms with E-state index in [0.717, 1.165) is 11.9 Å². The lowest BCUT2D eigenvalue weighted by atomic mass is 10.1. The Kier molecular flexibility index (Phi) is 3.39. The molecule has 0 spiro atoms. The summed E-state index contributed by atoms with van der Waals surface area (Å²) in [5, 5.41) is 2.91. The summed E-state index contributed by atoms with van der Waals surface area (Å²) in [6, 6.07) is 5.57. The van der Waals surface area contributed by atoms with Crippen molar-refractivity contribution >= 4 is 16.9 Å². The van der Waals surface area contributed by atoms with Crippen molar-refractivity contribution in [1.82, 2.24) is 15.3 Å². The molecule has 1 amide bonds. The van der Waals surface area contributed by atoms with Crippen LogP contribution in [-0.2, 0) is 0 Å². The molecule has 5 heteroatoms. The van der Waals surface area contributed by atoms with Crippen LogP contribution in [0.25, 0.3) is 11.0 Å². The molecule has 0 fully saturated rings. The van der Waals surface area contributed by atoms with Crippen LogP contribution >= 0.6 is 0 Å². The molecule has 1 aromatic heterocycles. The number of rotatable bonds is 4. The molecule has 4 N–H and O–H groups in total. The van der Waals surface area contributed by atoms with Crippen molar-refractivity contribution in [3.05, 3.63) is 30.1 Å². The van der Waals surface area contributed by atoms with Crippen molar-refractivity contribution in [1.29, 1.82) is 0 Å². The number of fused-ring (bicyclic) bond motifs is 1. The number of benzene rings is 1. The van der Waals surface area contributed by atoms with Crippen LogP contribution in [0.5, 0.6) is 0 Å². The summed E-state index contributed by atoms with van der Waals surface area (Å²) in [6.07, 6.45) is 2.35. The molecule has 0 radical (unpaired) electrons. The summed E-state index contributed by atoms with van der Waals surface area (Å²) in [4.78, 5) is 19.2. The predicted molar refractivity (Wildman–Crippen MR) is 66.7 cm³/mol. The molecule has 0 saturated carbocycles. The fourth-order valence-corrected chi connectivity index (χ4v) is 1.77. The topological polar surface area (TPSA) is 83.8 Å². The summed E-state index contributed by atoms with van der Waals surface area (Å²) in [5.74, 6) is -0.108. The Balaban J connectivity index is 2.21. The number of hydrogen-bond donors (Lipinski definition) is 3. The maximum Gasteiger partial charge on any atom is 0.253 e. The van der Waals surface area contributed by atoms with Crippen LogP contribution in [0.1, 0.15) is 23.7 Å². The Morgan fingerprint density at radius 2 is 2.41 bits per heavy atom. The van der Waals surface area contributed by atoms with E-state index < -0.39 is 0 Å². The van der Waals surface area contributed by atoms with Gasteiger partial charge in [0.2, 0.25) is 0 Å². The van der Waals surface area contributed by atoms with Crippen LogP contribution in [0.2, 0.25) is 0 Å². The number of imidazole rings is 1. The van der Waals surface area contributed by atoms with Crippen molar-refractivity contribution in [2.24, 2.45) is 5.73 Å². The standard InChI is InChI=1S/C12H16N4O/c1-8(5-6-13)16-12(17)9-3-2-4-10-11(9)15-7-14-10/h2-4,7-8H,5-6,13H2,1H3,(H,14,15)(H,16,17). The molecule has 5 nitrogen and oxygen atoms in total. The highest BCUT2D eigenvalue weighted by Gasteiger charge is 2.13. The first kappa shape index (κ1) is 11.6. The number of H-pyrrole nitrogens is 1. The number of nitrogens with zero attached hydrogens (tertiary/aromatic N) is 1. The minimum atomic E-state index is -0.108. The summed E-state index contributed by atoms with van der Waals surface area (Å²) in [5.41, 5.74) is 7.60. The molecule has 2 aromatic rings. The summed E-state index contributed by atoms with van der Waals surface area (Å²) < 4.78 is 0. The van der Waals surface area contributed by atoms with Crippen LogP contribution in [0.3, 0.4) is 0 Å². The van der Waals surface area contributed by atoms with Crippen LogP contribution < -0.4 is 11.1 Å². The van der Waals surface area contributed by atoms with E-state index in [2.05, 4.69) is 15.3 Å². The molecular formula is C12H16N4O. The number of nitrogens with two attached hydrogens (primary N) is 1. The molecule has 1 aromatic carbocycles. The number of hydrogen-bond acceptors (Lipinski definition) is 3. The molecule has 90 valence electrons. The van der Waals surface area contributed by atoms with Crippen LogP contribution in [0, 0.1) is 0 Å². The van der Waals surface area contributed by atoms with Gasteiger partial charge >= 0.3 is 0 Å². The second-order valence-corrected chi connectivity index (χ2v) is 4.06. The van der Waals surface area contributed by atoms with Gasteiger partial charge in [0.05, 0.1) is 17.4 Å². The van der Waals surface area contributed by atoms with E-state index in [9.17, 15) is 4.79 Å². The second-order valence-electron chi connectivity index (χ2n) is 4.06. The maximum absolute atomic E-state index is 12.0. The van der Waals surface area contributed by atoms with Crippen molar-refractivity contribution < 1.29 is 4.79 Å². The van der Waals surface area contributed by atoms with E-state index in [1.807, 2.05) is 19.1 Å². The lowest BCUT2D eigenvalue weighted by Crippen LogP contribution is -2.34. The lowest BCUT2D eigenvalue weighted by Gasteiger charge is -2.12. The van der Waals surface area contributed by atoms with E-state index in [4.69, 9.17) is 5.73 Å². The first-order valence-electron chi connectivity index (χ1n) is 5.65. The van der Waals surface area contributed by atoms with E-state index in [0.29, 0.717) is 17.6 Å². The molecule has 1 heterocycles. The fourth-order valence-electron chi connectivity index (χ4n) is 1.77. The zero-order valence-electron chi connectivity index (χ0n) is 9.73. The monoisotopic (exact) mass is 232 g/mol. The molecule has 0 bridgehead atoms. The SMILES string of the molecule is CC(CCN)NC(=O)c1cccc2[nH]cnc12. The van der Waals surface area contributed by atoms with Crippen molar-refractivity contribution in [3.8, 4) is 0 Å². The molecule has 0 saturated heterocycles. The molecule has 17 heavy (non-hydrogen) atoms. The quantitative estimate of drug-likeness (QED) is 0.736. The highest BCUT2D eigenvalue weighted by molar-refractivity contribution is 6.04. The normalized spacial score (nSPS) is 12.6. The predicted octanol–water partition coefficient (Wildman–Crippen LogP) is 1.03. The number of carbonyl (C=O) groups excluding carboxylic acids is 1. The number of para-hydroxylation sites is 1. The van der Waals surface area contributed by atoms with Crippen LogP contribution in [-0.4, -0.2) is 28.5 Å². The Bertz CT molecular complexity index is 520. The Morgan fingerprint density at radius 3 is 3.18 bits per heavy atom. The summed E-state index contributed by atoms with van der Waals surface area (Å²) in [6.45, 7) is 2.50. The number of aromatic amines is 1. The second kappa shape index (κ2) is 4.97. The largest absolute Gasteiger partial charge is 0.349 e. The smallest absolute Gasteiger partial charge is 0.253 e. The highest BCUT2D eigenvalue weighted by Crippen LogP contribution is 2.14. The Hall–Kier alpha value is -1.88. The van der Waals surface area contributed by atoms with Gasteiger partial charge in [0.25, 0.3) is 5.91 Å². The number of carbonyl (C=O) groups is 1. The van der Waals surface area contributed by atoms with Crippen molar-refractivity contribution in [2.45, 2.75) is 19.4 Å². The third-order valence-electron chi connectivity index (χ3n) is 2.67. The van der Waals surface area contributed by atoms with Crippen LogP contribution in [0.4, 0.5) is 0 Å². The maximum atomic E-state index is 12.0. The van der Waals surface area contributed by atoms with Gasteiger partial charge in [-0.05, 0) is 32.0 Å². The summed E-state index contributed by atoms with van der Waals surface area (Å²) in [7, 11) is 0. The average molecular weight is 232 g/mol. The van der Waals surface area contributed by atoms with Crippen molar-refractivity contribution in [3.63, 3.8) is 0 Å². The first-order valence-corrected chi connectivity index (χ1v) is 5.65. The van der Waals surface area contributed by atoms with Gasteiger partial charge in [-0.3, -0.25) is 4.79 Å². The van der Waals surface area contributed by atoms with Crippen LogP contribution in [0.15, 0.2) is 24.5 Å². The third kappa shape index (κ3) is 2.45. The molecule has 1 atom stereocenters. The lowest BCUT2D eigenvalue weighted by molar-refractivity contribution is 0.0940. The Labute approximate surface area is 99.4 Å². The van der Waals surface area contributed by atoms with Gasteiger partial charge in [-0.25, -0.2) is 4.98 Å². The minimum Gasteiger partial charge on any atom is -0.349 e. The van der Waals surface area contributed by atoms with Gasteiger partial charge < -0.3 is 16.0 Å². The van der Waals surface area contributed by atoms with Crippen molar-refractivity contribution in [2.75, 3.05) is 6.54 Å². The van der Waals surface area contributed by atoms with Gasteiger partial charge in [0.1, 0.15) is 5.52 Å². The molecule has 0 aliphatic heterocycles. The average Bonchev–Trinajstić information content (AvgIpc) is 2.76. The zero-order chi connectivity index (χ0) is 12.3. The van der Waals surface area contributed by atoms with E-state index >= 15 is 0 Å². The number of nitrogens with one attached hydrogen (secondary N) is 2. The molecule has 2 rings (SSSR count). The fraction of sp³-hybridized carbons (Fsp3) is 0.333. The van der Waals surface area contributed by atoms with E-state index in [-0.39, 0.29) is 11.9 Å². The first-order chi connectivity index (χ1) is 8.22. The zero-order valence-corrected chi connectivity index (χ0v) is 9.73. The van der Waals surface area contributed by atoms with Gasteiger partial charge in [0, 0.05) is 6.04 Å². The van der Waals surface area contributed by atoms with E-state index in [1.54, 1.807) is 12.4 Å². The van der Waals surface area contributed by atoms with Gasteiger partial charge in [-0.15, -0.1) is 0 Å². The molecule has 0 aliphatic rings. The minimum absolute atomic E-state index is 0.0710.